The number of ether oxygens (including phenoxy) is 2. The molecular weight excluding hydrogens is 544 g/mol. The van der Waals surface area contributed by atoms with E-state index in [0.29, 0.717) is 34.1 Å². The van der Waals surface area contributed by atoms with Gasteiger partial charge >= 0.3 is 0 Å². The van der Waals surface area contributed by atoms with Gasteiger partial charge in [-0.2, -0.15) is 0 Å². The lowest BCUT2D eigenvalue weighted by molar-refractivity contribution is -0.00571. The third-order valence-corrected chi connectivity index (χ3v) is 8.84. The van der Waals surface area contributed by atoms with Gasteiger partial charge in [-0.05, 0) is 55.8 Å². The average Bonchev–Trinajstić information content (AvgIpc) is 3.12. The van der Waals surface area contributed by atoms with E-state index in [1.165, 1.54) is 6.07 Å². The Bertz CT molecular complexity index is 1730. The zero-order chi connectivity index (χ0) is 28.6. The van der Waals surface area contributed by atoms with E-state index in [1.807, 2.05) is 38.1 Å². The van der Waals surface area contributed by atoms with Crippen molar-refractivity contribution in [2.45, 2.75) is 44.1 Å². The largest absolute Gasteiger partial charge is 0.376 e. The van der Waals surface area contributed by atoms with E-state index < -0.39 is 15.7 Å². The number of nitrogens with zero attached hydrogens (tertiary/aromatic N) is 5. The van der Waals surface area contributed by atoms with Crippen molar-refractivity contribution in [1.29, 1.82) is 0 Å². The summed E-state index contributed by atoms with van der Waals surface area (Å²) in [5.41, 5.74) is 3.56. The summed E-state index contributed by atoms with van der Waals surface area (Å²) in [4.78, 5) is 33.7. The average molecular weight is 577 g/mol. The van der Waals surface area contributed by atoms with Crippen molar-refractivity contribution in [3.05, 3.63) is 71.7 Å². The van der Waals surface area contributed by atoms with Crippen molar-refractivity contribution < 1.29 is 24.1 Å². The number of amides is 1. The summed E-state index contributed by atoms with van der Waals surface area (Å²) in [5.74, 6) is 0.142. The van der Waals surface area contributed by atoms with E-state index in [9.17, 15) is 13.2 Å². The van der Waals surface area contributed by atoms with E-state index in [-0.39, 0.29) is 49.6 Å². The second kappa shape index (κ2) is 11.1. The molecule has 1 aromatic carbocycles. The van der Waals surface area contributed by atoms with Gasteiger partial charge in [-0.25, -0.2) is 23.4 Å². The number of nitrogens with one attached hydrogen (secondary N) is 1. The van der Waals surface area contributed by atoms with Gasteiger partial charge in [-0.15, -0.1) is 0 Å². The molecule has 1 N–H and O–H groups in total. The zero-order valence-corrected chi connectivity index (χ0v) is 23.6. The van der Waals surface area contributed by atoms with E-state index in [4.69, 9.17) is 19.4 Å². The van der Waals surface area contributed by atoms with E-state index >= 15 is 0 Å². The predicted octanol–water partition coefficient (Wildman–Crippen LogP) is 3.18. The number of anilines is 1. The van der Waals surface area contributed by atoms with Gasteiger partial charge in [0.15, 0.2) is 9.84 Å². The van der Waals surface area contributed by atoms with Crippen molar-refractivity contribution >= 4 is 32.6 Å². The maximum absolute atomic E-state index is 12.9. The molecule has 12 heteroatoms. The van der Waals surface area contributed by atoms with E-state index in [1.54, 1.807) is 24.5 Å². The van der Waals surface area contributed by atoms with Crippen molar-refractivity contribution in [2.75, 3.05) is 30.3 Å². The van der Waals surface area contributed by atoms with Gasteiger partial charge in [0.05, 0.1) is 65.2 Å². The van der Waals surface area contributed by atoms with Crippen LogP contribution in [0.25, 0.3) is 22.3 Å². The molecule has 0 saturated carbocycles. The summed E-state index contributed by atoms with van der Waals surface area (Å²) >= 11 is 0. The number of carbonyl (C=O) groups is 1. The Hall–Kier alpha value is -4.00. The highest BCUT2D eigenvalue weighted by atomic mass is 32.2. The summed E-state index contributed by atoms with van der Waals surface area (Å²) in [5, 5.41) is 3.69. The van der Waals surface area contributed by atoms with Gasteiger partial charge in [0.25, 0.3) is 5.91 Å². The van der Waals surface area contributed by atoms with Crippen LogP contribution in [0.3, 0.4) is 0 Å². The van der Waals surface area contributed by atoms with Gasteiger partial charge < -0.3 is 19.7 Å². The molecule has 1 fully saturated rings. The van der Waals surface area contributed by atoms with Gasteiger partial charge in [0, 0.05) is 37.9 Å². The molecule has 0 spiro atoms. The summed E-state index contributed by atoms with van der Waals surface area (Å²) in [6, 6.07) is 12.2. The highest BCUT2D eigenvalue weighted by Crippen LogP contribution is 2.24. The Balaban J connectivity index is 0.00000353. The van der Waals surface area contributed by atoms with Crippen LogP contribution < -0.4 is 10.2 Å². The fraction of sp³-hybridized carbons (Fsp3) is 0.345. The first-order valence-corrected chi connectivity index (χ1v) is 15.1. The molecule has 11 nitrogen and oxygen atoms in total. The molecule has 2 atom stereocenters. The number of pyridine rings is 2. The standard InChI is InChI=1S/C29H30N6O5S.H2/c1-18-15-35(16-19(2)40-18)29-30-8-7-25(34-29)24-6-5-21-13-31-23(12-26(21)33-24)14-32-28(36)20-3-4-22-17-39-9-10-41(37,38)27(22)11-20;/h3-8,11-13,18-19H,9-10,14-17H2,1-2H3,(H,32,36);1H/t18-,19+;. The topological polar surface area (TPSA) is 136 Å². The van der Waals surface area contributed by atoms with Crippen LogP contribution in [0, 0.1) is 0 Å². The fourth-order valence-electron chi connectivity index (χ4n) is 5.12. The Kier molecular flexibility index (Phi) is 7.37. The number of rotatable bonds is 5. The lowest BCUT2D eigenvalue weighted by atomic mass is 10.1. The Morgan fingerprint density at radius 2 is 1.85 bits per heavy atom. The molecule has 0 bridgehead atoms. The quantitative estimate of drug-likeness (QED) is 0.377. The Labute approximate surface area is 239 Å². The molecule has 3 aromatic heterocycles. The molecular formula is C29H32N6O5S. The maximum Gasteiger partial charge on any atom is 0.251 e. The van der Waals surface area contributed by atoms with Crippen LogP contribution in [-0.2, 0) is 32.5 Å². The molecule has 1 amide bonds. The molecule has 214 valence electrons. The first-order chi connectivity index (χ1) is 19.7. The number of benzene rings is 1. The fourth-order valence-corrected chi connectivity index (χ4v) is 6.51. The molecule has 2 aliphatic rings. The van der Waals surface area contributed by atoms with Crippen molar-refractivity contribution in [2.24, 2.45) is 0 Å². The number of hydrogen-bond acceptors (Lipinski definition) is 10. The second-order valence-corrected chi connectivity index (χ2v) is 12.4. The van der Waals surface area contributed by atoms with Crippen molar-refractivity contribution in [3.8, 4) is 11.4 Å². The number of morpholine rings is 1. The summed E-state index contributed by atoms with van der Waals surface area (Å²) in [6.45, 7) is 6.00. The summed E-state index contributed by atoms with van der Waals surface area (Å²) in [7, 11) is -3.51. The van der Waals surface area contributed by atoms with Gasteiger partial charge in [-0.1, -0.05) is 6.07 Å². The number of sulfone groups is 1. The molecule has 4 aromatic rings. The smallest absolute Gasteiger partial charge is 0.251 e. The Morgan fingerprint density at radius 1 is 1.05 bits per heavy atom. The van der Waals surface area contributed by atoms with Crippen LogP contribution in [0.2, 0.25) is 0 Å². The monoisotopic (exact) mass is 576 g/mol. The minimum Gasteiger partial charge on any atom is -0.376 e. The normalized spacial score (nSPS) is 20.3. The lowest BCUT2D eigenvalue weighted by Gasteiger charge is -2.35. The molecule has 0 unspecified atom stereocenters. The minimum absolute atomic E-state index is 0. The van der Waals surface area contributed by atoms with Crippen LogP contribution in [0.15, 0.2) is 59.8 Å². The lowest BCUT2D eigenvalue weighted by Crippen LogP contribution is -2.46. The Morgan fingerprint density at radius 3 is 2.68 bits per heavy atom. The summed E-state index contributed by atoms with van der Waals surface area (Å²) < 4.78 is 36.4. The molecule has 6 rings (SSSR count). The van der Waals surface area contributed by atoms with E-state index in [2.05, 4.69) is 20.2 Å². The first kappa shape index (κ1) is 27.2. The van der Waals surface area contributed by atoms with E-state index in [0.717, 1.165) is 18.5 Å². The van der Waals surface area contributed by atoms with Crippen LogP contribution in [-0.4, -0.2) is 71.9 Å². The van der Waals surface area contributed by atoms with Gasteiger partial charge in [0.1, 0.15) is 0 Å². The second-order valence-electron chi connectivity index (χ2n) is 10.3. The van der Waals surface area contributed by atoms with Gasteiger partial charge in [0.2, 0.25) is 5.95 Å². The SMILES string of the molecule is C[C@@H]1CN(c2nccc(-c3ccc4cnc(CNC(=O)c5ccc6c(c5)S(=O)(=O)CCOC6)cc4n3)n2)C[C@H](C)O1.[HH]. The molecule has 41 heavy (non-hydrogen) atoms. The number of fused-ring (bicyclic) bond motifs is 2. The minimum atomic E-state index is -3.51. The van der Waals surface area contributed by atoms with Crippen LogP contribution in [0.1, 0.15) is 36.9 Å². The predicted molar refractivity (Wildman–Crippen MR) is 154 cm³/mol. The number of aromatic nitrogens is 4. The highest BCUT2D eigenvalue weighted by Gasteiger charge is 2.25. The van der Waals surface area contributed by atoms with Gasteiger partial charge in [-0.3, -0.25) is 9.78 Å². The third-order valence-electron chi connectivity index (χ3n) is 7.09. The zero-order valence-electron chi connectivity index (χ0n) is 22.8. The van der Waals surface area contributed by atoms with Crippen LogP contribution >= 0.6 is 0 Å². The molecule has 2 aliphatic heterocycles. The van der Waals surface area contributed by atoms with Crippen molar-refractivity contribution in [1.82, 2.24) is 25.3 Å². The molecule has 1 saturated heterocycles. The molecule has 0 aliphatic carbocycles. The van der Waals surface area contributed by atoms with Crippen LogP contribution in [0.5, 0.6) is 0 Å². The number of hydrogen-bond donors (Lipinski definition) is 1. The number of carbonyl (C=O) groups excluding carboxylic acids is 1. The molecule has 0 radical (unpaired) electrons. The first-order valence-electron chi connectivity index (χ1n) is 13.5. The third kappa shape index (κ3) is 5.90. The molecule has 5 heterocycles. The van der Waals surface area contributed by atoms with Crippen molar-refractivity contribution in [3.63, 3.8) is 0 Å². The summed E-state index contributed by atoms with van der Waals surface area (Å²) in [6.07, 6.45) is 3.64. The highest BCUT2D eigenvalue weighted by molar-refractivity contribution is 7.91. The van der Waals surface area contributed by atoms with Crippen LogP contribution in [0.4, 0.5) is 5.95 Å². The maximum atomic E-state index is 12.9.